The molecule has 1 N–H and O–H groups in total. The highest BCUT2D eigenvalue weighted by Gasteiger charge is 2.18. The van der Waals surface area contributed by atoms with E-state index in [1.54, 1.807) is 0 Å². The summed E-state index contributed by atoms with van der Waals surface area (Å²) in [5.41, 5.74) is 3.44. The molecule has 0 amide bonds. The first-order valence-corrected chi connectivity index (χ1v) is 8.36. The van der Waals surface area contributed by atoms with Gasteiger partial charge in [-0.05, 0) is 70.4 Å². The molecule has 1 atom stereocenters. The zero-order valence-electron chi connectivity index (χ0n) is 15.2. The van der Waals surface area contributed by atoms with Gasteiger partial charge < -0.3 is 5.32 Å². The predicted molar refractivity (Wildman–Crippen MR) is 94.8 cm³/mol. The number of hydrogen-bond donors (Lipinski definition) is 1. The molecule has 0 saturated carbocycles. The minimum Gasteiger partial charge on any atom is -0.312 e. The molecule has 0 aliphatic rings. The normalized spacial score (nSPS) is 14.2. The van der Waals surface area contributed by atoms with Crippen LogP contribution in [-0.4, -0.2) is 12.1 Å². The first kappa shape index (κ1) is 18.2. The molecule has 0 saturated heterocycles. The van der Waals surface area contributed by atoms with E-state index >= 15 is 0 Å². The summed E-state index contributed by atoms with van der Waals surface area (Å²) in [5, 5.41) is 3.69. The third-order valence-corrected chi connectivity index (χ3v) is 3.87. The highest BCUT2D eigenvalue weighted by Crippen LogP contribution is 2.25. The SMILES string of the molecule is Cc1ccc(CC(CCC(C)(C)C)CNC(C)(C)C)cc1. The lowest BCUT2D eigenvalue weighted by Crippen LogP contribution is -2.39. The molecule has 1 nitrogen and oxygen atoms in total. The third-order valence-electron chi connectivity index (χ3n) is 3.87. The van der Waals surface area contributed by atoms with Gasteiger partial charge in [0.05, 0.1) is 0 Å². The molecular weight excluding hydrogens is 254 g/mol. The largest absolute Gasteiger partial charge is 0.312 e. The van der Waals surface area contributed by atoms with E-state index in [2.05, 4.69) is 78.0 Å². The summed E-state index contributed by atoms with van der Waals surface area (Å²) in [6.07, 6.45) is 3.76. The van der Waals surface area contributed by atoms with E-state index in [1.165, 1.54) is 30.4 Å². The molecule has 0 radical (unpaired) electrons. The zero-order valence-corrected chi connectivity index (χ0v) is 15.2. The number of aryl methyl sites for hydroxylation is 1. The van der Waals surface area contributed by atoms with Gasteiger partial charge in [0.2, 0.25) is 0 Å². The van der Waals surface area contributed by atoms with Gasteiger partial charge in [0.15, 0.2) is 0 Å². The summed E-state index contributed by atoms with van der Waals surface area (Å²) in [4.78, 5) is 0. The summed E-state index contributed by atoms with van der Waals surface area (Å²) in [6, 6.07) is 9.04. The summed E-state index contributed by atoms with van der Waals surface area (Å²) >= 11 is 0. The second-order valence-corrected chi connectivity index (χ2v) is 8.79. The Bertz CT molecular complexity index is 385. The molecule has 0 aliphatic heterocycles. The summed E-state index contributed by atoms with van der Waals surface area (Å²) < 4.78 is 0. The molecule has 120 valence electrons. The van der Waals surface area contributed by atoms with Crippen molar-refractivity contribution in [2.24, 2.45) is 11.3 Å². The Morgan fingerprint density at radius 3 is 2.00 bits per heavy atom. The molecule has 0 bridgehead atoms. The molecule has 1 aromatic carbocycles. The van der Waals surface area contributed by atoms with Gasteiger partial charge in [0.1, 0.15) is 0 Å². The van der Waals surface area contributed by atoms with Crippen LogP contribution in [-0.2, 0) is 6.42 Å². The van der Waals surface area contributed by atoms with Crippen molar-refractivity contribution in [2.45, 2.75) is 73.3 Å². The topological polar surface area (TPSA) is 12.0 Å². The average molecular weight is 290 g/mol. The number of hydrogen-bond acceptors (Lipinski definition) is 1. The van der Waals surface area contributed by atoms with Crippen molar-refractivity contribution in [3.8, 4) is 0 Å². The van der Waals surface area contributed by atoms with Gasteiger partial charge in [-0.1, -0.05) is 50.6 Å². The molecule has 1 rings (SSSR count). The van der Waals surface area contributed by atoms with E-state index < -0.39 is 0 Å². The van der Waals surface area contributed by atoms with Crippen molar-refractivity contribution >= 4 is 0 Å². The summed E-state index contributed by atoms with van der Waals surface area (Å²) in [7, 11) is 0. The molecule has 0 aromatic heterocycles. The molecule has 0 aliphatic carbocycles. The van der Waals surface area contributed by atoms with Gasteiger partial charge in [-0.25, -0.2) is 0 Å². The van der Waals surface area contributed by atoms with Gasteiger partial charge in [-0.3, -0.25) is 0 Å². The van der Waals surface area contributed by atoms with Crippen LogP contribution in [0.3, 0.4) is 0 Å². The Hall–Kier alpha value is -0.820. The van der Waals surface area contributed by atoms with E-state index in [0.717, 1.165) is 6.54 Å². The second kappa shape index (κ2) is 7.45. The lowest BCUT2D eigenvalue weighted by Gasteiger charge is -2.28. The molecule has 0 heterocycles. The maximum Gasteiger partial charge on any atom is 0.00966 e. The fourth-order valence-corrected chi connectivity index (χ4v) is 2.42. The maximum atomic E-state index is 3.69. The van der Waals surface area contributed by atoms with Crippen LogP contribution in [0.5, 0.6) is 0 Å². The van der Waals surface area contributed by atoms with E-state index in [1.807, 2.05) is 0 Å². The molecule has 1 unspecified atom stereocenters. The van der Waals surface area contributed by atoms with Crippen LogP contribution >= 0.6 is 0 Å². The quantitative estimate of drug-likeness (QED) is 0.742. The van der Waals surface area contributed by atoms with Crippen molar-refractivity contribution in [1.82, 2.24) is 5.32 Å². The monoisotopic (exact) mass is 289 g/mol. The van der Waals surface area contributed by atoms with Crippen molar-refractivity contribution < 1.29 is 0 Å². The molecule has 1 heteroatoms. The van der Waals surface area contributed by atoms with Crippen LogP contribution in [0.25, 0.3) is 0 Å². The molecule has 21 heavy (non-hydrogen) atoms. The lowest BCUT2D eigenvalue weighted by atomic mass is 9.84. The number of rotatable bonds is 6. The fraction of sp³-hybridized carbons (Fsp3) is 0.700. The number of nitrogens with one attached hydrogen (secondary N) is 1. The predicted octanol–water partition coefficient (Wildman–Crippen LogP) is 5.37. The van der Waals surface area contributed by atoms with Crippen LogP contribution in [0.15, 0.2) is 24.3 Å². The third kappa shape index (κ3) is 8.93. The Morgan fingerprint density at radius 1 is 0.952 bits per heavy atom. The summed E-state index contributed by atoms with van der Waals surface area (Å²) in [6.45, 7) is 17.0. The van der Waals surface area contributed by atoms with Crippen LogP contribution in [0, 0.1) is 18.3 Å². The minimum atomic E-state index is 0.202. The van der Waals surface area contributed by atoms with E-state index in [-0.39, 0.29) is 5.54 Å². The Labute approximate surface area is 132 Å². The minimum absolute atomic E-state index is 0.202. The van der Waals surface area contributed by atoms with Gasteiger partial charge in [-0.2, -0.15) is 0 Å². The summed E-state index contributed by atoms with van der Waals surface area (Å²) in [5.74, 6) is 0.714. The van der Waals surface area contributed by atoms with E-state index in [4.69, 9.17) is 0 Å². The van der Waals surface area contributed by atoms with E-state index in [0.29, 0.717) is 11.3 Å². The van der Waals surface area contributed by atoms with Gasteiger partial charge in [0, 0.05) is 5.54 Å². The van der Waals surface area contributed by atoms with Gasteiger partial charge in [0.25, 0.3) is 0 Å². The van der Waals surface area contributed by atoms with Crippen LogP contribution < -0.4 is 5.32 Å². The molecular formula is C20H35N. The highest BCUT2D eigenvalue weighted by molar-refractivity contribution is 5.21. The van der Waals surface area contributed by atoms with Crippen molar-refractivity contribution in [1.29, 1.82) is 0 Å². The average Bonchev–Trinajstić information content (AvgIpc) is 2.33. The van der Waals surface area contributed by atoms with Gasteiger partial charge >= 0.3 is 0 Å². The van der Waals surface area contributed by atoms with E-state index in [9.17, 15) is 0 Å². The Balaban J connectivity index is 2.64. The molecule has 0 fully saturated rings. The molecule has 0 spiro atoms. The second-order valence-electron chi connectivity index (χ2n) is 8.79. The zero-order chi connectivity index (χ0) is 16.1. The lowest BCUT2D eigenvalue weighted by molar-refractivity contribution is 0.295. The fourth-order valence-electron chi connectivity index (χ4n) is 2.42. The Kier molecular flexibility index (Phi) is 6.46. The van der Waals surface area contributed by atoms with Crippen molar-refractivity contribution in [3.63, 3.8) is 0 Å². The smallest absolute Gasteiger partial charge is 0.00966 e. The van der Waals surface area contributed by atoms with Crippen LogP contribution in [0.2, 0.25) is 0 Å². The number of benzene rings is 1. The maximum absolute atomic E-state index is 3.69. The first-order valence-electron chi connectivity index (χ1n) is 8.36. The molecule has 1 aromatic rings. The first-order chi connectivity index (χ1) is 9.55. The highest BCUT2D eigenvalue weighted by atomic mass is 14.9. The van der Waals surface area contributed by atoms with Crippen LogP contribution in [0.1, 0.15) is 65.5 Å². The van der Waals surface area contributed by atoms with Crippen molar-refractivity contribution in [2.75, 3.05) is 6.54 Å². The standard InChI is InChI=1S/C20H35N/c1-16-8-10-17(11-9-16)14-18(12-13-19(2,3)4)15-21-20(5,6)7/h8-11,18,21H,12-15H2,1-7H3. The van der Waals surface area contributed by atoms with Crippen molar-refractivity contribution in [3.05, 3.63) is 35.4 Å². The van der Waals surface area contributed by atoms with Gasteiger partial charge in [-0.15, -0.1) is 0 Å². The van der Waals surface area contributed by atoms with Crippen LogP contribution in [0.4, 0.5) is 0 Å². The Morgan fingerprint density at radius 2 is 1.52 bits per heavy atom.